The lowest BCUT2D eigenvalue weighted by Crippen LogP contribution is -2.15. The maximum absolute atomic E-state index is 12.6. The minimum absolute atomic E-state index is 0.0633. The van der Waals surface area contributed by atoms with Crippen LogP contribution in [0.4, 0.5) is 11.5 Å². The van der Waals surface area contributed by atoms with E-state index in [0.29, 0.717) is 28.6 Å². The normalized spacial score (nSPS) is 11.2. The van der Waals surface area contributed by atoms with Gasteiger partial charge in [-0.3, -0.25) is 9.52 Å². The molecule has 0 aliphatic heterocycles. The van der Waals surface area contributed by atoms with Crippen LogP contribution in [0.2, 0.25) is 5.02 Å². The number of nitrogens with one attached hydrogen (secondary N) is 2. The van der Waals surface area contributed by atoms with E-state index in [1.165, 1.54) is 12.1 Å². The molecule has 2 aromatic carbocycles. The van der Waals surface area contributed by atoms with Crippen molar-refractivity contribution in [2.45, 2.75) is 31.6 Å². The van der Waals surface area contributed by atoms with Crippen LogP contribution >= 0.6 is 11.6 Å². The number of aromatic nitrogens is 2. The summed E-state index contributed by atoms with van der Waals surface area (Å²) in [4.78, 5) is 20.4. The van der Waals surface area contributed by atoms with Crippen molar-refractivity contribution in [1.29, 1.82) is 0 Å². The van der Waals surface area contributed by atoms with Gasteiger partial charge >= 0.3 is 0 Å². The molecule has 0 bridgehead atoms. The second-order valence-electron chi connectivity index (χ2n) is 6.75. The topological polar surface area (TPSA) is 101 Å². The van der Waals surface area contributed by atoms with Crippen LogP contribution < -0.4 is 10.0 Å². The number of halogens is 1. The van der Waals surface area contributed by atoms with Gasteiger partial charge in [0.2, 0.25) is 5.91 Å². The lowest BCUT2D eigenvalue weighted by atomic mass is 10.1. The molecule has 3 aromatic rings. The summed E-state index contributed by atoms with van der Waals surface area (Å²) < 4.78 is 27.6. The molecule has 1 aromatic heterocycles. The van der Waals surface area contributed by atoms with E-state index in [-0.39, 0.29) is 23.0 Å². The molecule has 0 saturated carbocycles. The maximum Gasteiger partial charge on any atom is 0.263 e. The number of hydrogen-bond acceptors (Lipinski definition) is 5. The van der Waals surface area contributed by atoms with Crippen molar-refractivity contribution >= 4 is 39.0 Å². The molecular formula is C21H21ClN4O3S. The van der Waals surface area contributed by atoms with Gasteiger partial charge in [-0.25, -0.2) is 18.4 Å². The molecule has 0 unspecified atom stereocenters. The summed E-state index contributed by atoms with van der Waals surface area (Å²) in [6.07, 6.45) is 0.842. The molecule has 7 nitrogen and oxygen atoms in total. The largest absolute Gasteiger partial charge is 0.326 e. The molecule has 1 amide bonds. The lowest BCUT2D eigenvalue weighted by Gasteiger charge is -2.10. The molecule has 0 fully saturated rings. The molecule has 0 radical (unpaired) electrons. The van der Waals surface area contributed by atoms with Crippen molar-refractivity contribution < 1.29 is 13.2 Å². The number of carbonyl (C=O) groups excluding carboxylic acids is 1. The SMILES string of the molecule is Cc1cc(NS(=O)(=O)c2ccc(NC(=O)CCc3cccc(Cl)c3)cc2)nc(C)n1. The number of rotatable bonds is 7. The molecule has 3 rings (SSSR count). The molecule has 0 atom stereocenters. The van der Waals surface area contributed by atoms with Crippen molar-refractivity contribution in [2.24, 2.45) is 0 Å². The zero-order valence-electron chi connectivity index (χ0n) is 16.5. The number of hydrogen-bond donors (Lipinski definition) is 2. The highest BCUT2D eigenvalue weighted by Gasteiger charge is 2.16. The summed E-state index contributed by atoms with van der Waals surface area (Å²) in [7, 11) is -3.81. The fourth-order valence-electron chi connectivity index (χ4n) is 2.86. The maximum atomic E-state index is 12.6. The number of aryl methyl sites for hydroxylation is 3. The van der Waals surface area contributed by atoms with Crippen LogP contribution in [0.25, 0.3) is 0 Å². The molecule has 1 heterocycles. The third kappa shape index (κ3) is 6.01. The predicted molar refractivity (Wildman–Crippen MR) is 117 cm³/mol. The number of nitrogens with zero attached hydrogens (tertiary/aromatic N) is 2. The Bertz CT molecular complexity index is 1140. The number of carbonyl (C=O) groups is 1. The summed E-state index contributed by atoms with van der Waals surface area (Å²) in [6, 6.07) is 14.8. The summed E-state index contributed by atoms with van der Waals surface area (Å²) in [5.41, 5.74) is 2.15. The van der Waals surface area contributed by atoms with Gasteiger partial charge in [0, 0.05) is 28.9 Å². The highest BCUT2D eigenvalue weighted by atomic mass is 35.5. The van der Waals surface area contributed by atoms with Gasteiger partial charge in [0.25, 0.3) is 10.0 Å². The third-order valence-electron chi connectivity index (χ3n) is 4.18. The Morgan fingerprint density at radius 2 is 1.77 bits per heavy atom. The van der Waals surface area contributed by atoms with Crippen LogP contribution in [0.1, 0.15) is 23.5 Å². The Morgan fingerprint density at radius 3 is 2.43 bits per heavy atom. The predicted octanol–water partition coefficient (Wildman–Crippen LogP) is 4.12. The van der Waals surface area contributed by atoms with Crippen LogP contribution in [0.15, 0.2) is 59.5 Å². The molecule has 30 heavy (non-hydrogen) atoms. The second-order valence-corrected chi connectivity index (χ2v) is 8.87. The highest BCUT2D eigenvalue weighted by Crippen LogP contribution is 2.18. The van der Waals surface area contributed by atoms with E-state index in [2.05, 4.69) is 20.0 Å². The summed E-state index contributed by atoms with van der Waals surface area (Å²) >= 11 is 5.95. The van der Waals surface area contributed by atoms with Gasteiger partial charge in [0.1, 0.15) is 11.6 Å². The first-order chi connectivity index (χ1) is 14.2. The molecule has 0 aliphatic rings. The molecule has 2 N–H and O–H groups in total. The van der Waals surface area contributed by atoms with Gasteiger partial charge in [0.05, 0.1) is 4.90 Å². The molecule has 0 aliphatic carbocycles. The number of benzene rings is 2. The van der Waals surface area contributed by atoms with E-state index in [0.717, 1.165) is 5.56 Å². The molecule has 9 heteroatoms. The lowest BCUT2D eigenvalue weighted by molar-refractivity contribution is -0.116. The molecule has 156 valence electrons. The Hall–Kier alpha value is -2.97. The highest BCUT2D eigenvalue weighted by molar-refractivity contribution is 7.92. The standard InChI is InChI=1S/C21H21ClN4O3S/c1-14-12-20(24-15(2)23-14)26-30(28,29)19-9-7-18(8-10-19)25-21(27)11-6-16-4-3-5-17(22)13-16/h3-5,7-10,12-13H,6,11H2,1-2H3,(H,25,27)(H,23,24,26). The first-order valence-corrected chi connectivity index (χ1v) is 11.1. The average molecular weight is 445 g/mol. The van der Waals surface area contributed by atoms with Gasteiger partial charge in [-0.15, -0.1) is 0 Å². The minimum atomic E-state index is -3.81. The molecule has 0 saturated heterocycles. The third-order valence-corrected chi connectivity index (χ3v) is 5.79. The van der Waals surface area contributed by atoms with Crippen LogP contribution in [-0.4, -0.2) is 24.3 Å². The van der Waals surface area contributed by atoms with Crippen LogP contribution in [0.5, 0.6) is 0 Å². The number of anilines is 2. The van der Waals surface area contributed by atoms with Crippen LogP contribution in [0.3, 0.4) is 0 Å². The summed E-state index contributed by atoms with van der Waals surface area (Å²) in [5.74, 6) is 0.512. The second kappa shape index (κ2) is 9.23. The van der Waals surface area contributed by atoms with E-state index in [1.54, 1.807) is 38.1 Å². The fraction of sp³-hybridized carbons (Fsp3) is 0.190. The van der Waals surface area contributed by atoms with Gasteiger partial charge in [-0.05, 0) is 62.2 Å². The van der Waals surface area contributed by atoms with E-state index in [4.69, 9.17) is 11.6 Å². The summed E-state index contributed by atoms with van der Waals surface area (Å²) in [6.45, 7) is 3.45. The van der Waals surface area contributed by atoms with Crippen molar-refractivity contribution in [2.75, 3.05) is 10.0 Å². The Morgan fingerprint density at radius 1 is 1.03 bits per heavy atom. The first kappa shape index (κ1) is 21.7. The van der Waals surface area contributed by atoms with Crippen molar-refractivity contribution in [3.05, 3.63) is 76.7 Å². The van der Waals surface area contributed by atoms with Gasteiger partial charge in [-0.2, -0.15) is 0 Å². The molecule has 0 spiro atoms. The fourth-order valence-corrected chi connectivity index (χ4v) is 4.06. The minimum Gasteiger partial charge on any atom is -0.326 e. The van der Waals surface area contributed by atoms with Crippen molar-refractivity contribution in [3.63, 3.8) is 0 Å². The van der Waals surface area contributed by atoms with E-state index in [1.807, 2.05) is 18.2 Å². The summed E-state index contributed by atoms with van der Waals surface area (Å²) in [5, 5.41) is 3.39. The number of sulfonamides is 1. The van der Waals surface area contributed by atoms with Crippen molar-refractivity contribution in [3.8, 4) is 0 Å². The average Bonchev–Trinajstić information content (AvgIpc) is 2.66. The Balaban J connectivity index is 1.61. The van der Waals surface area contributed by atoms with E-state index < -0.39 is 10.0 Å². The number of amides is 1. The van der Waals surface area contributed by atoms with E-state index in [9.17, 15) is 13.2 Å². The zero-order chi connectivity index (χ0) is 21.7. The Labute approximate surface area is 180 Å². The van der Waals surface area contributed by atoms with Crippen LogP contribution in [0, 0.1) is 13.8 Å². The quantitative estimate of drug-likeness (QED) is 0.570. The Kier molecular flexibility index (Phi) is 6.69. The molecular weight excluding hydrogens is 424 g/mol. The van der Waals surface area contributed by atoms with Gasteiger partial charge in [-0.1, -0.05) is 23.7 Å². The van der Waals surface area contributed by atoms with Crippen LogP contribution in [-0.2, 0) is 21.2 Å². The van der Waals surface area contributed by atoms with E-state index >= 15 is 0 Å². The first-order valence-electron chi connectivity index (χ1n) is 9.21. The van der Waals surface area contributed by atoms with Gasteiger partial charge in [0.15, 0.2) is 0 Å². The van der Waals surface area contributed by atoms with Crippen molar-refractivity contribution in [1.82, 2.24) is 9.97 Å². The zero-order valence-corrected chi connectivity index (χ0v) is 18.1. The smallest absolute Gasteiger partial charge is 0.263 e. The van der Waals surface area contributed by atoms with Gasteiger partial charge < -0.3 is 5.32 Å². The monoisotopic (exact) mass is 444 g/mol.